The minimum Gasteiger partial charge on any atom is -0.348 e. The van der Waals surface area contributed by atoms with Crippen molar-refractivity contribution < 1.29 is 18.1 Å². The number of carbonyl (C=O) groups is 1. The van der Waals surface area contributed by atoms with E-state index in [1.165, 1.54) is 44.4 Å². The predicted molar refractivity (Wildman–Crippen MR) is 104 cm³/mol. The largest absolute Gasteiger partial charge is 0.348 e. The number of nitro groups is 1. The zero-order valence-corrected chi connectivity index (χ0v) is 16.9. The number of nitrogens with one attached hydrogen (secondary N) is 1. The molecular weight excluding hydrogens is 473 g/mol. The lowest BCUT2D eigenvalue weighted by molar-refractivity contribution is -0.384. The quantitative estimate of drug-likeness (QED) is 0.381. The summed E-state index contributed by atoms with van der Waals surface area (Å²) >= 11 is 1.93. The number of nitro benzene ring substituents is 1. The van der Waals surface area contributed by atoms with Crippen molar-refractivity contribution >= 4 is 44.2 Å². The molecule has 1 amide bonds. The first kappa shape index (κ1) is 20.3. The van der Waals surface area contributed by atoms with E-state index in [1.807, 2.05) is 22.6 Å². The summed E-state index contributed by atoms with van der Waals surface area (Å²) in [6.07, 6.45) is 0. The van der Waals surface area contributed by atoms with E-state index in [0.29, 0.717) is 9.13 Å². The Morgan fingerprint density at radius 2 is 1.81 bits per heavy atom. The van der Waals surface area contributed by atoms with Crippen LogP contribution in [-0.2, 0) is 16.6 Å². The molecule has 0 unspecified atom stereocenters. The van der Waals surface area contributed by atoms with Gasteiger partial charge < -0.3 is 5.32 Å². The monoisotopic (exact) mass is 489 g/mol. The summed E-state index contributed by atoms with van der Waals surface area (Å²) in [5.74, 6) is -0.442. The SMILES string of the molecule is CN(C)S(=O)(=O)c1ccc(CNC(=O)c2cc([N+](=O)[O-])ccc2I)cc1. The Bertz CT molecular complexity index is 943. The zero-order chi connectivity index (χ0) is 19.5. The third-order valence-electron chi connectivity index (χ3n) is 3.56. The van der Waals surface area contributed by atoms with E-state index in [9.17, 15) is 23.3 Å². The molecule has 2 aromatic rings. The van der Waals surface area contributed by atoms with Crippen LogP contribution in [0.4, 0.5) is 5.69 Å². The summed E-state index contributed by atoms with van der Waals surface area (Å²) in [7, 11) is -0.608. The molecule has 0 spiro atoms. The van der Waals surface area contributed by atoms with E-state index in [0.717, 1.165) is 4.31 Å². The van der Waals surface area contributed by atoms with Crippen molar-refractivity contribution in [2.75, 3.05) is 14.1 Å². The number of nitrogens with zero attached hydrogens (tertiary/aromatic N) is 2. The van der Waals surface area contributed by atoms with Gasteiger partial charge in [-0.3, -0.25) is 14.9 Å². The van der Waals surface area contributed by atoms with Gasteiger partial charge in [-0.2, -0.15) is 0 Å². The van der Waals surface area contributed by atoms with Crippen molar-refractivity contribution in [1.29, 1.82) is 0 Å². The molecule has 2 aromatic carbocycles. The summed E-state index contributed by atoms with van der Waals surface area (Å²) in [5, 5.41) is 13.5. The van der Waals surface area contributed by atoms with Gasteiger partial charge in [-0.05, 0) is 46.4 Å². The Balaban J connectivity index is 2.11. The van der Waals surface area contributed by atoms with Crippen LogP contribution in [0.5, 0.6) is 0 Å². The Labute approximate surface area is 164 Å². The number of carbonyl (C=O) groups excluding carboxylic acids is 1. The predicted octanol–water partition coefficient (Wildman–Crippen LogP) is 2.38. The lowest BCUT2D eigenvalue weighted by Gasteiger charge is -2.12. The smallest absolute Gasteiger partial charge is 0.270 e. The standard InChI is InChI=1S/C16H16IN3O5S/c1-19(2)26(24,25)13-6-3-11(4-7-13)10-18-16(21)14-9-12(20(22)23)5-8-15(14)17/h3-9H,10H2,1-2H3,(H,18,21). The van der Waals surface area contributed by atoms with Gasteiger partial charge in [0.25, 0.3) is 11.6 Å². The molecule has 0 fully saturated rings. The number of benzene rings is 2. The molecule has 2 rings (SSSR count). The molecule has 0 aliphatic carbocycles. The fourth-order valence-corrected chi connectivity index (χ4v) is 3.55. The van der Waals surface area contributed by atoms with Gasteiger partial charge in [-0.1, -0.05) is 12.1 Å². The van der Waals surface area contributed by atoms with Crippen molar-refractivity contribution in [3.8, 4) is 0 Å². The van der Waals surface area contributed by atoms with Crippen molar-refractivity contribution in [1.82, 2.24) is 9.62 Å². The second-order valence-electron chi connectivity index (χ2n) is 5.54. The molecule has 8 nitrogen and oxygen atoms in total. The Hall–Kier alpha value is -2.05. The Kier molecular flexibility index (Phi) is 6.31. The number of halogens is 1. The first-order valence-electron chi connectivity index (χ1n) is 7.36. The van der Waals surface area contributed by atoms with Gasteiger partial charge in [-0.15, -0.1) is 0 Å². The van der Waals surface area contributed by atoms with Gasteiger partial charge in [-0.25, -0.2) is 12.7 Å². The summed E-state index contributed by atoms with van der Waals surface area (Å²) < 4.78 is 25.8. The van der Waals surface area contributed by atoms with Crippen molar-refractivity contribution in [3.05, 3.63) is 67.3 Å². The van der Waals surface area contributed by atoms with Gasteiger partial charge in [0.05, 0.1) is 15.4 Å². The highest BCUT2D eigenvalue weighted by molar-refractivity contribution is 14.1. The maximum atomic E-state index is 12.3. The number of sulfonamides is 1. The normalized spacial score (nSPS) is 11.4. The molecule has 1 N–H and O–H groups in total. The van der Waals surface area contributed by atoms with Crippen LogP contribution in [0.1, 0.15) is 15.9 Å². The van der Waals surface area contributed by atoms with E-state index in [-0.39, 0.29) is 22.7 Å². The summed E-state index contributed by atoms with van der Waals surface area (Å²) in [5.41, 5.74) is 0.761. The van der Waals surface area contributed by atoms with Gasteiger partial charge in [0.2, 0.25) is 10.0 Å². The van der Waals surface area contributed by atoms with Crippen LogP contribution in [0, 0.1) is 13.7 Å². The molecule has 0 aliphatic heterocycles. The summed E-state index contributed by atoms with van der Waals surface area (Å²) in [4.78, 5) is 22.7. The summed E-state index contributed by atoms with van der Waals surface area (Å²) in [6, 6.07) is 10.2. The number of rotatable bonds is 6. The number of hydrogen-bond acceptors (Lipinski definition) is 5. The first-order chi connectivity index (χ1) is 12.1. The fraction of sp³-hybridized carbons (Fsp3) is 0.188. The van der Waals surface area contributed by atoms with Gasteiger partial charge >= 0.3 is 0 Å². The maximum absolute atomic E-state index is 12.3. The van der Waals surface area contributed by atoms with E-state index in [1.54, 1.807) is 12.1 Å². The van der Waals surface area contributed by atoms with Gasteiger partial charge in [0.1, 0.15) is 0 Å². The highest BCUT2D eigenvalue weighted by Crippen LogP contribution is 2.20. The average Bonchev–Trinajstić information content (AvgIpc) is 2.60. The van der Waals surface area contributed by atoms with Crippen LogP contribution >= 0.6 is 22.6 Å². The van der Waals surface area contributed by atoms with Crippen LogP contribution < -0.4 is 5.32 Å². The highest BCUT2D eigenvalue weighted by Gasteiger charge is 2.17. The minimum absolute atomic E-state index is 0.158. The highest BCUT2D eigenvalue weighted by atomic mass is 127. The van der Waals surface area contributed by atoms with Gasteiger partial charge in [0.15, 0.2) is 0 Å². The fourth-order valence-electron chi connectivity index (χ4n) is 2.07. The molecule has 0 heterocycles. The van der Waals surface area contributed by atoms with Crippen LogP contribution in [0.25, 0.3) is 0 Å². The third kappa shape index (κ3) is 4.56. The zero-order valence-electron chi connectivity index (χ0n) is 14.0. The molecule has 0 saturated heterocycles. The molecule has 0 bridgehead atoms. The second kappa shape index (κ2) is 8.10. The Morgan fingerprint density at radius 3 is 2.35 bits per heavy atom. The minimum atomic E-state index is -3.51. The van der Waals surface area contributed by atoms with E-state index in [2.05, 4.69) is 5.32 Å². The second-order valence-corrected chi connectivity index (χ2v) is 8.85. The number of hydrogen-bond donors (Lipinski definition) is 1. The molecule has 0 atom stereocenters. The molecule has 0 aliphatic rings. The van der Waals surface area contributed by atoms with Crippen LogP contribution in [0.15, 0.2) is 47.4 Å². The van der Waals surface area contributed by atoms with E-state index in [4.69, 9.17) is 0 Å². The van der Waals surface area contributed by atoms with Crippen molar-refractivity contribution in [3.63, 3.8) is 0 Å². The first-order valence-corrected chi connectivity index (χ1v) is 9.88. The van der Waals surface area contributed by atoms with Crippen LogP contribution in [-0.4, -0.2) is 37.6 Å². The van der Waals surface area contributed by atoms with Crippen LogP contribution in [0.3, 0.4) is 0 Å². The summed E-state index contributed by atoms with van der Waals surface area (Å²) in [6.45, 7) is 0.167. The average molecular weight is 489 g/mol. The van der Waals surface area contributed by atoms with Gasteiger partial charge in [0, 0.05) is 36.3 Å². The molecule has 0 saturated carbocycles. The molecular formula is C16H16IN3O5S. The van der Waals surface area contributed by atoms with Crippen molar-refractivity contribution in [2.24, 2.45) is 0 Å². The molecule has 0 radical (unpaired) electrons. The lowest BCUT2D eigenvalue weighted by Crippen LogP contribution is -2.24. The Morgan fingerprint density at radius 1 is 1.19 bits per heavy atom. The van der Waals surface area contributed by atoms with E-state index >= 15 is 0 Å². The van der Waals surface area contributed by atoms with Crippen LogP contribution in [0.2, 0.25) is 0 Å². The molecule has 0 aromatic heterocycles. The maximum Gasteiger partial charge on any atom is 0.270 e. The molecule has 26 heavy (non-hydrogen) atoms. The number of non-ortho nitro benzene ring substituents is 1. The van der Waals surface area contributed by atoms with Crippen molar-refractivity contribution in [2.45, 2.75) is 11.4 Å². The number of amides is 1. The third-order valence-corrected chi connectivity index (χ3v) is 6.33. The lowest BCUT2D eigenvalue weighted by atomic mass is 10.1. The molecule has 138 valence electrons. The topological polar surface area (TPSA) is 110 Å². The van der Waals surface area contributed by atoms with E-state index < -0.39 is 20.9 Å². The molecule has 10 heteroatoms.